The second-order valence-electron chi connectivity index (χ2n) is 7.31. The molecule has 0 unspecified atom stereocenters. The van der Waals surface area contributed by atoms with Gasteiger partial charge in [0.1, 0.15) is 5.82 Å². The number of carbonyl (C=O) groups is 1. The van der Waals surface area contributed by atoms with Crippen LogP contribution in [0.4, 0.5) is 20.8 Å². The molecule has 0 bridgehead atoms. The van der Waals surface area contributed by atoms with Crippen molar-refractivity contribution >= 4 is 28.6 Å². The number of hydrogen-bond donors (Lipinski definition) is 3. The summed E-state index contributed by atoms with van der Waals surface area (Å²) < 4.78 is 14.6. The number of likely N-dealkylation sites (tertiary alicyclic amines) is 1. The average molecular weight is 395 g/mol. The zero-order chi connectivity index (χ0) is 20.5. The first-order valence-electron chi connectivity index (χ1n) is 9.48. The first kappa shape index (κ1) is 18.9. The minimum Gasteiger partial charge on any atom is -0.465 e. The van der Waals surface area contributed by atoms with Gasteiger partial charge < -0.3 is 21.1 Å². The number of hydrogen-bond acceptors (Lipinski definition) is 5. The van der Waals surface area contributed by atoms with Crippen molar-refractivity contribution in [3.63, 3.8) is 0 Å². The van der Waals surface area contributed by atoms with E-state index < -0.39 is 6.09 Å². The van der Waals surface area contributed by atoms with Crippen LogP contribution in [0, 0.1) is 12.7 Å². The number of aromatic nitrogens is 2. The number of piperidine rings is 1. The molecule has 8 heteroatoms. The molecule has 0 aliphatic carbocycles. The normalized spacial score (nSPS) is 14.9. The molecule has 1 saturated heterocycles. The number of nitrogens with one attached hydrogen (secondary N) is 1. The number of benzene rings is 2. The highest BCUT2D eigenvalue weighted by atomic mass is 19.1. The zero-order valence-electron chi connectivity index (χ0n) is 16.0. The number of anilines is 2. The molecule has 0 spiro atoms. The molecule has 150 valence electrons. The Morgan fingerprint density at radius 1 is 1.31 bits per heavy atom. The predicted octanol–water partition coefficient (Wildman–Crippen LogP) is 3.88. The van der Waals surface area contributed by atoms with Gasteiger partial charge >= 0.3 is 6.09 Å². The second kappa shape index (κ2) is 7.54. The molecule has 1 aliphatic rings. The van der Waals surface area contributed by atoms with E-state index in [1.54, 1.807) is 12.3 Å². The number of fused-ring (bicyclic) bond motifs is 1. The largest absolute Gasteiger partial charge is 0.465 e. The van der Waals surface area contributed by atoms with Crippen LogP contribution in [0.3, 0.4) is 0 Å². The Labute approximate surface area is 167 Å². The van der Waals surface area contributed by atoms with Gasteiger partial charge in [0.15, 0.2) is 0 Å². The minimum atomic E-state index is -0.897. The van der Waals surface area contributed by atoms with Crippen LogP contribution in [0.15, 0.2) is 36.5 Å². The van der Waals surface area contributed by atoms with E-state index in [0.29, 0.717) is 37.0 Å². The maximum atomic E-state index is 14.6. The molecule has 3 aromatic rings. The molecule has 7 nitrogen and oxygen atoms in total. The Balaban J connectivity index is 1.74. The lowest BCUT2D eigenvalue weighted by Crippen LogP contribution is -2.41. The van der Waals surface area contributed by atoms with Crippen LogP contribution in [-0.4, -0.2) is 45.2 Å². The third-order valence-corrected chi connectivity index (χ3v) is 5.34. The lowest BCUT2D eigenvalue weighted by molar-refractivity contribution is 0.134. The van der Waals surface area contributed by atoms with E-state index in [4.69, 9.17) is 10.8 Å². The van der Waals surface area contributed by atoms with Crippen molar-refractivity contribution in [3.8, 4) is 11.1 Å². The van der Waals surface area contributed by atoms with Gasteiger partial charge in [-0.15, -0.1) is 0 Å². The van der Waals surface area contributed by atoms with Gasteiger partial charge in [0.2, 0.25) is 5.95 Å². The van der Waals surface area contributed by atoms with Crippen LogP contribution >= 0.6 is 0 Å². The molecule has 0 atom stereocenters. The lowest BCUT2D eigenvalue weighted by atomic mass is 9.97. The van der Waals surface area contributed by atoms with E-state index in [2.05, 4.69) is 15.3 Å². The van der Waals surface area contributed by atoms with Crippen molar-refractivity contribution < 1.29 is 14.3 Å². The smallest absolute Gasteiger partial charge is 0.407 e. The highest BCUT2D eigenvalue weighted by molar-refractivity contribution is 5.95. The molecule has 1 aromatic heterocycles. The zero-order valence-corrected chi connectivity index (χ0v) is 16.0. The summed E-state index contributed by atoms with van der Waals surface area (Å²) in [6.07, 6.45) is 2.09. The third kappa shape index (κ3) is 3.78. The third-order valence-electron chi connectivity index (χ3n) is 5.34. The van der Waals surface area contributed by atoms with Gasteiger partial charge in [-0.1, -0.05) is 12.1 Å². The van der Waals surface area contributed by atoms with Gasteiger partial charge in [0, 0.05) is 36.3 Å². The Bertz CT molecular complexity index is 1060. The van der Waals surface area contributed by atoms with E-state index in [1.165, 1.54) is 11.0 Å². The summed E-state index contributed by atoms with van der Waals surface area (Å²) >= 11 is 0. The van der Waals surface area contributed by atoms with E-state index >= 15 is 0 Å². The number of nitrogen functional groups attached to an aromatic ring is 1. The SMILES string of the molecule is Cc1cccc(F)c1-c1cc(NC2CCN(C(=O)O)CC2)c2nc(N)ncc2c1. The van der Waals surface area contributed by atoms with E-state index in [9.17, 15) is 9.18 Å². The minimum absolute atomic E-state index is 0.0851. The van der Waals surface area contributed by atoms with Gasteiger partial charge in [-0.25, -0.2) is 19.2 Å². The van der Waals surface area contributed by atoms with E-state index in [-0.39, 0.29) is 17.8 Å². The van der Waals surface area contributed by atoms with Crippen LogP contribution in [0.25, 0.3) is 22.0 Å². The van der Waals surface area contributed by atoms with Gasteiger partial charge in [0.05, 0.1) is 11.2 Å². The number of nitrogens with zero attached hydrogens (tertiary/aromatic N) is 3. The molecule has 0 saturated carbocycles. The molecule has 1 fully saturated rings. The average Bonchev–Trinajstić information content (AvgIpc) is 2.69. The highest BCUT2D eigenvalue weighted by Gasteiger charge is 2.23. The topological polar surface area (TPSA) is 104 Å². The standard InChI is InChI=1S/C21H22FN5O2/c1-12-3-2-4-16(22)18(12)13-9-14-11-24-20(23)26-19(14)17(10-13)25-15-5-7-27(8-6-15)21(28)29/h2-4,9-11,15,25H,5-8H2,1H3,(H,28,29)(H2,23,24,26). The number of rotatable bonds is 3. The molecule has 1 amide bonds. The summed E-state index contributed by atoms with van der Waals surface area (Å²) in [7, 11) is 0. The van der Waals surface area contributed by atoms with Crippen molar-refractivity contribution in [3.05, 3.63) is 47.9 Å². The molecule has 29 heavy (non-hydrogen) atoms. The Hall–Kier alpha value is -3.42. The lowest BCUT2D eigenvalue weighted by Gasteiger charge is -2.31. The quantitative estimate of drug-likeness (QED) is 0.622. The fourth-order valence-electron chi connectivity index (χ4n) is 3.85. The molecular formula is C21H22FN5O2. The van der Waals surface area contributed by atoms with E-state index in [0.717, 1.165) is 22.2 Å². The maximum Gasteiger partial charge on any atom is 0.407 e. The van der Waals surface area contributed by atoms with Crippen molar-refractivity contribution in [2.45, 2.75) is 25.8 Å². The summed E-state index contributed by atoms with van der Waals surface area (Å²) in [5.74, 6) is -0.127. The van der Waals surface area contributed by atoms with Gasteiger partial charge in [0.25, 0.3) is 0 Å². The van der Waals surface area contributed by atoms with Crippen molar-refractivity contribution in [1.82, 2.24) is 14.9 Å². The highest BCUT2D eigenvalue weighted by Crippen LogP contribution is 2.34. The summed E-state index contributed by atoms with van der Waals surface area (Å²) in [6, 6.07) is 8.83. The number of halogens is 1. The van der Waals surface area contributed by atoms with E-state index in [1.807, 2.05) is 25.1 Å². The Morgan fingerprint density at radius 3 is 2.76 bits per heavy atom. The molecule has 4 rings (SSSR count). The van der Waals surface area contributed by atoms with Crippen molar-refractivity contribution in [1.29, 1.82) is 0 Å². The Kier molecular flexibility index (Phi) is 4.92. The summed E-state index contributed by atoms with van der Waals surface area (Å²) in [5, 5.41) is 13.4. The van der Waals surface area contributed by atoms with Crippen LogP contribution in [0.1, 0.15) is 18.4 Å². The molecule has 0 radical (unpaired) electrons. The number of carboxylic acid groups (broad SMARTS) is 1. The van der Waals surface area contributed by atoms with Crippen molar-refractivity contribution in [2.24, 2.45) is 0 Å². The second-order valence-corrected chi connectivity index (χ2v) is 7.31. The fourth-order valence-corrected chi connectivity index (χ4v) is 3.85. The first-order valence-corrected chi connectivity index (χ1v) is 9.48. The van der Waals surface area contributed by atoms with Crippen LogP contribution < -0.4 is 11.1 Å². The van der Waals surface area contributed by atoms with Crippen LogP contribution in [0.5, 0.6) is 0 Å². The van der Waals surface area contributed by atoms with Gasteiger partial charge in [-0.3, -0.25) is 0 Å². The molecular weight excluding hydrogens is 373 g/mol. The number of amides is 1. The van der Waals surface area contributed by atoms with Gasteiger partial charge in [-0.2, -0.15) is 0 Å². The molecule has 1 aliphatic heterocycles. The summed E-state index contributed by atoms with van der Waals surface area (Å²) in [6.45, 7) is 2.80. The summed E-state index contributed by atoms with van der Waals surface area (Å²) in [5.41, 5.74) is 9.29. The fraction of sp³-hybridized carbons (Fsp3) is 0.286. The molecule has 2 aromatic carbocycles. The number of aryl methyl sites for hydroxylation is 1. The Morgan fingerprint density at radius 2 is 2.07 bits per heavy atom. The molecule has 4 N–H and O–H groups in total. The monoisotopic (exact) mass is 395 g/mol. The maximum absolute atomic E-state index is 14.6. The van der Waals surface area contributed by atoms with Crippen molar-refractivity contribution in [2.75, 3.05) is 24.1 Å². The van der Waals surface area contributed by atoms with Gasteiger partial charge in [-0.05, 0) is 49.1 Å². The molecule has 2 heterocycles. The van der Waals surface area contributed by atoms with Crippen LogP contribution in [-0.2, 0) is 0 Å². The first-order chi connectivity index (χ1) is 13.9. The predicted molar refractivity (Wildman–Crippen MR) is 110 cm³/mol. The van der Waals surface area contributed by atoms with Crippen LogP contribution in [0.2, 0.25) is 0 Å². The summed E-state index contributed by atoms with van der Waals surface area (Å²) in [4.78, 5) is 21.0. The number of nitrogens with two attached hydrogens (primary N) is 1.